The van der Waals surface area contributed by atoms with E-state index in [1.165, 1.54) is 11.1 Å². The summed E-state index contributed by atoms with van der Waals surface area (Å²) < 4.78 is 1.96. The number of anilines is 1. The zero-order valence-electron chi connectivity index (χ0n) is 19.5. The summed E-state index contributed by atoms with van der Waals surface area (Å²) in [6, 6.07) is 26.7. The first kappa shape index (κ1) is 23.8. The fourth-order valence-corrected chi connectivity index (χ4v) is 5.17. The van der Waals surface area contributed by atoms with Crippen molar-refractivity contribution in [3.05, 3.63) is 106 Å². The molecule has 0 aliphatic carbocycles. The molecule has 0 spiro atoms. The predicted octanol–water partition coefficient (Wildman–Crippen LogP) is 5.37. The number of rotatable bonds is 8. The van der Waals surface area contributed by atoms with Crippen molar-refractivity contribution in [2.45, 2.75) is 18.9 Å². The van der Waals surface area contributed by atoms with Crippen LogP contribution in [0.15, 0.2) is 78.9 Å². The zero-order valence-corrected chi connectivity index (χ0v) is 21.0. The Morgan fingerprint density at radius 3 is 2.06 bits per heavy atom. The Kier molecular flexibility index (Phi) is 7.62. The number of piperazine rings is 1. The maximum Gasteiger partial charge on any atom is 0.163 e. The second-order valence-corrected chi connectivity index (χ2v) is 9.55. The number of aryl methyl sites for hydroxylation is 1. The van der Waals surface area contributed by atoms with Gasteiger partial charge in [0.25, 0.3) is 0 Å². The minimum Gasteiger partial charge on any atom is -0.368 e. The molecule has 2 heterocycles. The molecule has 1 aliphatic heterocycles. The molecule has 1 fully saturated rings. The van der Waals surface area contributed by atoms with Crippen LogP contribution in [0.25, 0.3) is 0 Å². The van der Waals surface area contributed by atoms with Gasteiger partial charge in [-0.25, -0.2) is 4.68 Å². The lowest BCUT2D eigenvalue weighted by molar-refractivity contribution is 0.248. The minimum atomic E-state index is -0.00149. The van der Waals surface area contributed by atoms with Gasteiger partial charge in [-0.15, -0.1) is 5.10 Å². The molecule has 0 saturated carbocycles. The lowest BCUT2D eigenvalue weighted by Gasteiger charge is -2.36. The van der Waals surface area contributed by atoms with Crippen LogP contribution in [0.2, 0.25) is 10.0 Å². The standard InChI is InChI=1S/C27H28Cl2N6/c28-23-13-7-14-24(26(23)29)34-19-17-33(18-20-34)15-8-16-35-27(30-31-32-35)25(21-9-3-1-4-10-21)22-11-5-2-6-12-22/h1-7,9-14,25H,8,15-20H2. The van der Waals surface area contributed by atoms with Gasteiger partial charge in [-0.2, -0.15) is 0 Å². The number of benzene rings is 3. The Morgan fingerprint density at radius 1 is 0.743 bits per heavy atom. The van der Waals surface area contributed by atoms with E-state index in [0.29, 0.717) is 10.0 Å². The Bertz CT molecular complexity index is 1180. The Morgan fingerprint density at radius 2 is 1.40 bits per heavy atom. The Hall–Kier alpha value is -2.93. The normalized spacial score (nSPS) is 14.5. The summed E-state index contributed by atoms with van der Waals surface area (Å²) in [6.45, 7) is 5.61. The van der Waals surface area contributed by atoms with Crippen LogP contribution in [0.1, 0.15) is 29.3 Å². The highest BCUT2D eigenvalue weighted by molar-refractivity contribution is 6.43. The first-order valence-corrected chi connectivity index (χ1v) is 12.7. The van der Waals surface area contributed by atoms with Gasteiger partial charge in [-0.1, -0.05) is 89.9 Å². The van der Waals surface area contributed by atoms with Crippen LogP contribution in [0.5, 0.6) is 0 Å². The lowest BCUT2D eigenvalue weighted by Crippen LogP contribution is -2.46. The molecule has 180 valence electrons. The molecule has 4 aromatic rings. The fraction of sp³-hybridized carbons (Fsp3) is 0.296. The van der Waals surface area contributed by atoms with Gasteiger partial charge in [0.15, 0.2) is 5.82 Å². The van der Waals surface area contributed by atoms with E-state index >= 15 is 0 Å². The molecule has 8 heteroatoms. The lowest BCUT2D eigenvalue weighted by atomic mass is 9.90. The summed E-state index contributed by atoms with van der Waals surface area (Å²) in [6.07, 6.45) is 0.978. The molecule has 1 aliphatic rings. The molecule has 35 heavy (non-hydrogen) atoms. The second kappa shape index (κ2) is 11.2. The summed E-state index contributed by atoms with van der Waals surface area (Å²) in [5.41, 5.74) is 3.39. The van der Waals surface area contributed by atoms with Crippen LogP contribution in [0.4, 0.5) is 5.69 Å². The number of halogens is 2. The van der Waals surface area contributed by atoms with Crippen molar-refractivity contribution in [1.82, 2.24) is 25.1 Å². The molecule has 1 saturated heterocycles. The van der Waals surface area contributed by atoms with Crippen molar-refractivity contribution >= 4 is 28.9 Å². The van der Waals surface area contributed by atoms with Gasteiger partial charge < -0.3 is 4.90 Å². The minimum absolute atomic E-state index is 0.00149. The summed E-state index contributed by atoms with van der Waals surface area (Å²) in [5.74, 6) is 0.876. The predicted molar refractivity (Wildman–Crippen MR) is 141 cm³/mol. The highest BCUT2D eigenvalue weighted by Gasteiger charge is 2.24. The van der Waals surface area contributed by atoms with Gasteiger partial charge in [-0.05, 0) is 40.1 Å². The van der Waals surface area contributed by atoms with Crippen LogP contribution < -0.4 is 4.90 Å². The van der Waals surface area contributed by atoms with Crippen molar-refractivity contribution in [3.63, 3.8) is 0 Å². The summed E-state index contributed by atoms with van der Waals surface area (Å²) >= 11 is 12.6. The summed E-state index contributed by atoms with van der Waals surface area (Å²) in [7, 11) is 0. The number of hydrogen-bond donors (Lipinski definition) is 0. The van der Waals surface area contributed by atoms with Crippen LogP contribution >= 0.6 is 23.2 Å². The first-order chi connectivity index (χ1) is 17.2. The van der Waals surface area contributed by atoms with Gasteiger partial charge in [-0.3, -0.25) is 4.90 Å². The van der Waals surface area contributed by atoms with E-state index in [4.69, 9.17) is 23.2 Å². The third-order valence-electron chi connectivity index (χ3n) is 6.57. The summed E-state index contributed by atoms with van der Waals surface area (Å²) in [4.78, 5) is 4.80. The highest BCUT2D eigenvalue weighted by atomic mass is 35.5. The van der Waals surface area contributed by atoms with Gasteiger partial charge in [0, 0.05) is 39.3 Å². The summed E-state index contributed by atoms with van der Waals surface area (Å²) in [5, 5.41) is 14.1. The Labute approximate surface area is 216 Å². The van der Waals surface area contributed by atoms with Gasteiger partial charge in [0.1, 0.15) is 0 Å². The van der Waals surface area contributed by atoms with E-state index in [-0.39, 0.29) is 5.92 Å². The molecule has 3 aromatic carbocycles. The molecule has 5 rings (SSSR count). The number of aromatic nitrogens is 4. The van der Waals surface area contributed by atoms with Gasteiger partial charge in [0.05, 0.1) is 21.7 Å². The average molecular weight is 507 g/mol. The smallest absolute Gasteiger partial charge is 0.163 e. The number of hydrogen-bond acceptors (Lipinski definition) is 5. The topological polar surface area (TPSA) is 50.1 Å². The monoisotopic (exact) mass is 506 g/mol. The maximum absolute atomic E-state index is 6.42. The van der Waals surface area contributed by atoms with E-state index in [9.17, 15) is 0 Å². The van der Waals surface area contributed by atoms with Crippen LogP contribution in [0, 0.1) is 0 Å². The van der Waals surface area contributed by atoms with Crippen molar-refractivity contribution in [3.8, 4) is 0 Å². The molecule has 1 aromatic heterocycles. The molecule has 6 nitrogen and oxygen atoms in total. The van der Waals surface area contributed by atoms with Crippen molar-refractivity contribution < 1.29 is 0 Å². The second-order valence-electron chi connectivity index (χ2n) is 8.77. The molecule has 0 N–H and O–H groups in total. The van der Waals surface area contributed by atoms with Crippen molar-refractivity contribution in [2.75, 3.05) is 37.6 Å². The van der Waals surface area contributed by atoms with Crippen molar-refractivity contribution in [2.24, 2.45) is 0 Å². The van der Waals surface area contributed by atoms with E-state index < -0.39 is 0 Å². The fourth-order valence-electron chi connectivity index (χ4n) is 4.75. The first-order valence-electron chi connectivity index (χ1n) is 12.0. The average Bonchev–Trinajstić information content (AvgIpc) is 3.36. The maximum atomic E-state index is 6.42. The number of tetrazole rings is 1. The third-order valence-corrected chi connectivity index (χ3v) is 7.38. The molecule has 0 amide bonds. The number of nitrogens with zero attached hydrogens (tertiary/aromatic N) is 6. The van der Waals surface area contributed by atoms with Gasteiger partial charge in [0.2, 0.25) is 0 Å². The molecule has 0 unspecified atom stereocenters. The van der Waals surface area contributed by atoms with E-state index in [0.717, 1.165) is 57.2 Å². The zero-order chi connectivity index (χ0) is 24.0. The SMILES string of the molecule is Clc1cccc(N2CCN(CCCn3nnnc3C(c3ccccc3)c3ccccc3)CC2)c1Cl. The molecule has 0 bridgehead atoms. The quantitative estimate of drug-likeness (QED) is 0.321. The van der Waals surface area contributed by atoms with Crippen molar-refractivity contribution in [1.29, 1.82) is 0 Å². The highest BCUT2D eigenvalue weighted by Crippen LogP contribution is 2.33. The Balaban J connectivity index is 1.21. The largest absolute Gasteiger partial charge is 0.368 e. The van der Waals surface area contributed by atoms with Gasteiger partial charge >= 0.3 is 0 Å². The van der Waals surface area contributed by atoms with E-state index in [2.05, 4.69) is 73.9 Å². The van der Waals surface area contributed by atoms with Crippen LogP contribution in [0.3, 0.4) is 0 Å². The molecular weight excluding hydrogens is 479 g/mol. The third kappa shape index (κ3) is 5.50. The van der Waals surface area contributed by atoms with E-state index in [1.54, 1.807) is 0 Å². The van der Waals surface area contributed by atoms with E-state index in [1.807, 2.05) is 35.0 Å². The van der Waals surface area contributed by atoms with Crippen LogP contribution in [-0.2, 0) is 6.54 Å². The molecular formula is C27H28Cl2N6. The van der Waals surface area contributed by atoms with Crippen LogP contribution in [-0.4, -0.2) is 57.8 Å². The molecule has 0 atom stereocenters. The molecule has 0 radical (unpaired) electrons.